The van der Waals surface area contributed by atoms with E-state index in [1.54, 1.807) is 0 Å². The molecule has 0 bridgehead atoms. The largest absolute Gasteiger partial charge is 0.412 e. The van der Waals surface area contributed by atoms with Crippen LogP contribution in [0.1, 0.15) is 0 Å². The summed E-state index contributed by atoms with van der Waals surface area (Å²) in [7, 11) is -3.69. The summed E-state index contributed by atoms with van der Waals surface area (Å²) in [5.41, 5.74) is 2.10. The Morgan fingerprint density at radius 2 is 2.00 bits per heavy atom. The zero-order chi connectivity index (χ0) is 9.19. The molecule has 0 saturated heterocycles. The normalized spacial score (nSPS) is 10.3. The van der Waals surface area contributed by atoms with Gasteiger partial charge in [0.2, 0.25) is 10.0 Å². The molecule has 13 heavy (non-hydrogen) atoms. The number of nitrogens with one attached hydrogen (secondary N) is 1. The molecule has 1 rings (SSSR count). The average molecular weight is 206 g/mol. The van der Waals surface area contributed by atoms with Crippen LogP contribution in [0.4, 0.5) is 5.69 Å². The van der Waals surface area contributed by atoms with E-state index in [2.05, 4.69) is 0 Å². The lowest BCUT2D eigenvalue weighted by molar-refractivity contribution is 0.388. The van der Waals surface area contributed by atoms with Crippen LogP contribution in [-0.4, -0.2) is 19.1 Å². The van der Waals surface area contributed by atoms with Crippen LogP contribution < -0.4 is 10.6 Å². The Morgan fingerprint density at radius 3 is 2.46 bits per heavy atom. The van der Waals surface area contributed by atoms with E-state index in [1.165, 1.54) is 24.3 Å². The van der Waals surface area contributed by atoms with Gasteiger partial charge in [-0.05, 0) is 18.2 Å². The van der Waals surface area contributed by atoms with Crippen molar-refractivity contribution < 1.29 is 19.1 Å². The van der Waals surface area contributed by atoms with E-state index in [0.29, 0.717) is 0 Å². The van der Waals surface area contributed by atoms with E-state index in [9.17, 15) is 8.42 Å². The Labute approximate surface area is 75.3 Å². The van der Waals surface area contributed by atoms with Crippen molar-refractivity contribution in [1.29, 1.82) is 0 Å². The van der Waals surface area contributed by atoms with Crippen LogP contribution in [0.2, 0.25) is 0 Å². The van der Waals surface area contributed by atoms with E-state index in [0.717, 1.165) is 0 Å². The molecule has 0 saturated carbocycles. The van der Waals surface area contributed by atoms with Crippen LogP contribution in [0, 0.1) is 0 Å². The zero-order valence-electron chi connectivity index (χ0n) is 6.56. The maximum atomic E-state index is 10.8. The van der Waals surface area contributed by atoms with E-state index in [1.807, 2.05) is 5.48 Å². The van der Waals surface area contributed by atoms with Gasteiger partial charge in [0.1, 0.15) is 0 Å². The molecule has 6 N–H and O–H groups in total. The first-order valence-corrected chi connectivity index (χ1v) is 4.61. The Bertz CT molecular complexity index is 376. The van der Waals surface area contributed by atoms with Crippen molar-refractivity contribution in [1.82, 2.24) is 0 Å². The Hall–Kier alpha value is -1.15. The van der Waals surface area contributed by atoms with Gasteiger partial charge in [0.15, 0.2) is 0 Å². The van der Waals surface area contributed by atoms with Gasteiger partial charge in [0.25, 0.3) is 0 Å². The van der Waals surface area contributed by atoms with Crippen LogP contribution in [-0.2, 0) is 10.0 Å². The SMILES string of the molecule is NS(=O)(=O)c1cccc(NO)c1.O. The van der Waals surface area contributed by atoms with E-state index >= 15 is 0 Å². The molecule has 0 spiro atoms. The highest BCUT2D eigenvalue weighted by molar-refractivity contribution is 7.89. The highest BCUT2D eigenvalue weighted by Gasteiger charge is 2.06. The van der Waals surface area contributed by atoms with Gasteiger partial charge in [-0.3, -0.25) is 10.7 Å². The quantitative estimate of drug-likeness (QED) is 0.554. The first kappa shape index (κ1) is 11.8. The van der Waals surface area contributed by atoms with Gasteiger partial charge in [-0.2, -0.15) is 0 Å². The minimum atomic E-state index is -3.69. The van der Waals surface area contributed by atoms with Gasteiger partial charge < -0.3 is 5.48 Å². The van der Waals surface area contributed by atoms with Crippen molar-refractivity contribution in [3.63, 3.8) is 0 Å². The molecule has 74 valence electrons. The number of primary sulfonamides is 1. The molecule has 0 fully saturated rings. The number of hydrogen-bond acceptors (Lipinski definition) is 4. The summed E-state index contributed by atoms with van der Waals surface area (Å²) in [6, 6.07) is 5.55. The molecule has 0 aliphatic carbocycles. The van der Waals surface area contributed by atoms with Gasteiger partial charge in [0, 0.05) is 0 Å². The fourth-order valence-electron chi connectivity index (χ4n) is 0.743. The maximum Gasteiger partial charge on any atom is 0.238 e. The van der Waals surface area contributed by atoms with Gasteiger partial charge in [-0.15, -0.1) is 0 Å². The number of nitrogens with two attached hydrogens (primary N) is 1. The molecule has 0 atom stereocenters. The minimum absolute atomic E-state index is 0. The topological polar surface area (TPSA) is 124 Å². The lowest BCUT2D eigenvalue weighted by atomic mass is 10.3. The van der Waals surface area contributed by atoms with Gasteiger partial charge in [-0.1, -0.05) is 6.07 Å². The predicted octanol–water partition coefficient (Wildman–Crippen LogP) is -0.690. The van der Waals surface area contributed by atoms with Crippen molar-refractivity contribution in [2.75, 3.05) is 5.48 Å². The molecule has 0 unspecified atom stereocenters. The third-order valence-corrected chi connectivity index (χ3v) is 2.20. The number of anilines is 1. The van der Waals surface area contributed by atoms with Crippen molar-refractivity contribution in [2.45, 2.75) is 4.90 Å². The second kappa shape index (κ2) is 4.19. The molecule has 0 radical (unpaired) electrons. The Kier molecular flexibility index (Phi) is 3.82. The fraction of sp³-hybridized carbons (Fsp3) is 0. The van der Waals surface area contributed by atoms with Crippen molar-refractivity contribution in [2.24, 2.45) is 5.14 Å². The van der Waals surface area contributed by atoms with Crippen LogP contribution in [0.15, 0.2) is 29.2 Å². The zero-order valence-corrected chi connectivity index (χ0v) is 7.38. The molecular weight excluding hydrogens is 196 g/mol. The maximum absolute atomic E-state index is 10.8. The van der Waals surface area contributed by atoms with Crippen molar-refractivity contribution >= 4 is 15.7 Å². The molecule has 1 aromatic rings. The molecule has 0 aromatic heterocycles. The molecular formula is C6H10N2O4S. The van der Waals surface area contributed by atoms with Crippen LogP contribution in [0.25, 0.3) is 0 Å². The third kappa shape index (κ3) is 2.99. The molecule has 6 nitrogen and oxygen atoms in total. The molecule has 0 amide bonds. The number of rotatable bonds is 2. The van der Waals surface area contributed by atoms with Crippen LogP contribution >= 0.6 is 0 Å². The molecule has 7 heteroatoms. The second-order valence-corrected chi connectivity index (χ2v) is 3.75. The van der Waals surface area contributed by atoms with Crippen LogP contribution in [0.5, 0.6) is 0 Å². The number of benzene rings is 1. The molecule has 0 heterocycles. The van der Waals surface area contributed by atoms with Crippen molar-refractivity contribution in [3.8, 4) is 0 Å². The Morgan fingerprint density at radius 1 is 1.38 bits per heavy atom. The van der Waals surface area contributed by atoms with Gasteiger partial charge in [0.05, 0.1) is 10.6 Å². The van der Waals surface area contributed by atoms with Gasteiger partial charge in [-0.25, -0.2) is 13.6 Å². The average Bonchev–Trinajstić information content (AvgIpc) is 2.03. The highest BCUT2D eigenvalue weighted by Crippen LogP contribution is 2.12. The monoisotopic (exact) mass is 206 g/mol. The lowest BCUT2D eigenvalue weighted by Crippen LogP contribution is -2.12. The summed E-state index contributed by atoms with van der Waals surface area (Å²) in [4.78, 5) is -0.0402. The summed E-state index contributed by atoms with van der Waals surface area (Å²) in [5.74, 6) is 0. The Balaban J connectivity index is 0.00000144. The summed E-state index contributed by atoms with van der Waals surface area (Å²) in [6.07, 6.45) is 0. The smallest absolute Gasteiger partial charge is 0.238 e. The fourth-order valence-corrected chi connectivity index (χ4v) is 1.30. The van der Waals surface area contributed by atoms with E-state index in [4.69, 9.17) is 10.3 Å². The van der Waals surface area contributed by atoms with Gasteiger partial charge >= 0.3 is 0 Å². The van der Waals surface area contributed by atoms with Crippen molar-refractivity contribution in [3.05, 3.63) is 24.3 Å². The first-order valence-electron chi connectivity index (χ1n) is 3.07. The third-order valence-electron chi connectivity index (χ3n) is 1.29. The number of hydrogen-bond donors (Lipinski definition) is 3. The molecule has 1 aromatic carbocycles. The molecule has 0 aliphatic rings. The standard InChI is InChI=1S/C6H8N2O3S.H2O/c7-12(10,11)6-3-1-2-5(4-6)8-9;/h1-4,8-9H,(H2,7,10,11);1H2. The summed E-state index contributed by atoms with van der Waals surface area (Å²) in [6.45, 7) is 0. The van der Waals surface area contributed by atoms with E-state index in [-0.39, 0.29) is 16.1 Å². The van der Waals surface area contributed by atoms with E-state index < -0.39 is 10.0 Å². The minimum Gasteiger partial charge on any atom is -0.412 e. The highest BCUT2D eigenvalue weighted by atomic mass is 32.2. The van der Waals surface area contributed by atoms with Crippen LogP contribution in [0.3, 0.4) is 0 Å². The first-order chi connectivity index (χ1) is 5.54. The number of sulfonamides is 1. The lowest BCUT2D eigenvalue weighted by Gasteiger charge is -2.00. The summed E-state index contributed by atoms with van der Waals surface area (Å²) < 4.78 is 21.5. The summed E-state index contributed by atoms with van der Waals surface area (Å²) in [5, 5.41) is 13.3. The molecule has 0 aliphatic heterocycles. The second-order valence-electron chi connectivity index (χ2n) is 2.18. The predicted molar refractivity (Wildman–Crippen MR) is 46.8 cm³/mol. The summed E-state index contributed by atoms with van der Waals surface area (Å²) >= 11 is 0.